The van der Waals surface area contributed by atoms with Gasteiger partial charge in [0, 0.05) is 11.8 Å². The van der Waals surface area contributed by atoms with Crippen molar-refractivity contribution in [2.45, 2.75) is 54.1 Å². The zero-order valence-corrected chi connectivity index (χ0v) is 10.7. The zero-order chi connectivity index (χ0) is 11.1. The maximum absolute atomic E-state index is 5.85. The van der Waals surface area contributed by atoms with Crippen LogP contribution in [0, 0.1) is 11.8 Å². The average molecular weight is 201 g/mol. The maximum atomic E-state index is 5.85. The van der Waals surface area contributed by atoms with Crippen LogP contribution in [0.1, 0.15) is 48.0 Å². The van der Waals surface area contributed by atoms with Gasteiger partial charge in [0.15, 0.2) is 13.1 Å². The first kappa shape index (κ1) is 13.9. The minimum absolute atomic E-state index is 0.340. The number of rotatable bonds is 7. The fourth-order valence-corrected chi connectivity index (χ4v) is 1.30. The van der Waals surface area contributed by atoms with Crippen molar-refractivity contribution in [1.82, 2.24) is 5.06 Å². The Morgan fingerprint density at radius 3 is 1.64 bits per heavy atom. The summed E-state index contributed by atoms with van der Waals surface area (Å²) in [7, 11) is 0. The van der Waals surface area contributed by atoms with Gasteiger partial charge in [-0.3, -0.25) is 0 Å². The van der Waals surface area contributed by atoms with Crippen molar-refractivity contribution < 1.29 is 4.84 Å². The molecule has 0 bridgehead atoms. The van der Waals surface area contributed by atoms with Gasteiger partial charge >= 0.3 is 0 Å². The van der Waals surface area contributed by atoms with E-state index < -0.39 is 0 Å². The van der Waals surface area contributed by atoms with Gasteiger partial charge in [0.05, 0.1) is 0 Å². The first-order valence-corrected chi connectivity index (χ1v) is 5.87. The highest BCUT2D eigenvalue weighted by molar-refractivity contribution is 4.60. The van der Waals surface area contributed by atoms with E-state index in [4.69, 9.17) is 4.84 Å². The second-order valence-electron chi connectivity index (χ2n) is 4.96. The van der Waals surface area contributed by atoms with Gasteiger partial charge in [0.2, 0.25) is 0 Å². The van der Waals surface area contributed by atoms with Gasteiger partial charge in [-0.25, -0.2) is 0 Å². The molecule has 0 saturated heterocycles. The summed E-state index contributed by atoms with van der Waals surface area (Å²) in [6.45, 7) is 15.3. The Labute approximate surface area is 89.6 Å². The van der Waals surface area contributed by atoms with Crippen LogP contribution in [-0.2, 0) is 4.84 Å². The first-order chi connectivity index (χ1) is 6.45. The first-order valence-electron chi connectivity index (χ1n) is 5.87. The predicted octanol–water partition coefficient (Wildman–Crippen LogP) is 3.17. The smallest absolute Gasteiger partial charge is 0.146 e. The molecule has 0 aliphatic heterocycles. The average Bonchev–Trinajstić information content (AvgIpc) is 2.01. The Morgan fingerprint density at radius 2 is 1.36 bits per heavy atom. The Balaban J connectivity index is 3.96. The molecule has 0 aromatic carbocycles. The summed E-state index contributed by atoms with van der Waals surface area (Å²) >= 11 is 0. The van der Waals surface area contributed by atoms with E-state index >= 15 is 0 Å². The minimum Gasteiger partial charge on any atom is -0.146 e. The topological polar surface area (TPSA) is 15.1 Å². The number of nitrogens with zero attached hydrogens (tertiary/aromatic N) is 1. The van der Waals surface area contributed by atoms with Gasteiger partial charge in [-0.1, -0.05) is 34.6 Å². The van der Waals surface area contributed by atoms with E-state index in [1.165, 1.54) is 0 Å². The summed E-state index contributed by atoms with van der Waals surface area (Å²) in [5, 5.41) is 2.13. The molecule has 0 amide bonds. The molecule has 1 radical (unpaired) electrons. The van der Waals surface area contributed by atoms with Crippen LogP contribution in [0.5, 0.6) is 0 Å². The summed E-state index contributed by atoms with van der Waals surface area (Å²) in [5.41, 5.74) is 0. The van der Waals surface area contributed by atoms with E-state index in [0.717, 1.165) is 19.5 Å². The molecule has 2 heteroatoms. The molecule has 0 saturated carbocycles. The molecule has 0 aliphatic rings. The minimum atomic E-state index is 0.340. The van der Waals surface area contributed by atoms with Gasteiger partial charge in [-0.05, 0) is 18.4 Å². The SMILES string of the molecule is CCC(C)O[N+](CC(C)C)CC(C)C. The molecule has 0 N–H and O–H groups in total. The molecule has 0 aromatic heterocycles. The Kier molecular flexibility index (Phi) is 7.20. The van der Waals surface area contributed by atoms with Crippen LogP contribution in [-0.4, -0.2) is 19.2 Å². The Hall–Kier alpha value is -0.0800. The van der Waals surface area contributed by atoms with E-state index in [2.05, 4.69) is 46.6 Å². The van der Waals surface area contributed by atoms with Crippen LogP contribution < -0.4 is 5.06 Å². The summed E-state index contributed by atoms with van der Waals surface area (Å²) in [4.78, 5) is 5.85. The van der Waals surface area contributed by atoms with Gasteiger partial charge in [0.1, 0.15) is 6.10 Å². The van der Waals surface area contributed by atoms with Crippen molar-refractivity contribution in [3.05, 3.63) is 0 Å². The van der Waals surface area contributed by atoms with Crippen LogP contribution in [0.25, 0.3) is 0 Å². The number of hydroxylamine groups is 2. The predicted molar refractivity (Wildman–Crippen MR) is 62.4 cm³/mol. The molecule has 1 atom stereocenters. The fraction of sp³-hybridized carbons (Fsp3) is 1.00. The lowest BCUT2D eigenvalue weighted by molar-refractivity contribution is -0.123. The Bertz CT molecular complexity index is 124. The molecule has 14 heavy (non-hydrogen) atoms. The van der Waals surface area contributed by atoms with E-state index in [0.29, 0.717) is 17.9 Å². The van der Waals surface area contributed by atoms with Crippen molar-refractivity contribution in [3.8, 4) is 0 Å². The third-order valence-electron chi connectivity index (χ3n) is 2.04. The quantitative estimate of drug-likeness (QED) is 0.456. The molecule has 0 aliphatic carbocycles. The van der Waals surface area contributed by atoms with Gasteiger partial charge in [-0.2, -0.15) is 0 Å². The van der Waals surface area contributed by atoms with Gasteiger partial charge < -0.3 is 0 Å². The van der Waals surface area contributed by atoms with E-state index in [-0.39, 0.29) is 0 Å². The van der Waals surface area contributed by atoms with Crippen LogP contribution in [0.3, 0.4) is 0 Å². The van der Waals surface area contributed by atoms with Crippen molar-refractivity contribution in [2.24, 2.45) is 11.8 Å². The molecule has 0 spiro atoms. The van der Waals surface area contributed by atoms with E-state index in [9.17, 15) is 0 Å². The molecule has 0 aromatic rings. The van der Waals surface area contributed by atoms with Crippen molar-refractivity contribution in [2.75, 3.05) is 13.1 Å². The van der Waals surface area contributed by atoms with Gasteiger partial charge in [-0.15, -0.1) is 4.84 Å². The molecule has 2 nitrogen and oxygen atoms in total. The molecular formula is C12H27NO+. The summed E-state index contributed by atoms with van der Waals surface area (Å²) in [5.74, 6) is 1.33. The lowest BCUT2D eigenvalue weighted by Gasteiger charge is -2.16. The summed E-state index contributed by atoms with van der Waals surface area (Å²) in [6.07, 6.45) is 1.42. The third-order valence-corrected chi connectivity index (χ3v) is 2.04. The second-order valence-corrected chi connectivity index (χ2v) is 4.96. The molecule has 0 rings (SSSR count). The summed E-state index contributed by atoms with van der Waals surface area (Å²) in [6, 6.07) is 0. The van der Waals surface area contributed by atoms with Crippen LogP contribution >= 0.6 is 0 Å². The van der Waals surface area contributed by atoms with Crippen molar-refractivity contribution in [1.29, 1.82) is 0 Å². The maximum Gasteiger partial charge on any atom is 0.162 e. The monoisotopic (exact) mass is 201 g/mol. The highest BCUT2D eigenvalue weighted by Crippen LogP contribution is 2.05. The highest BCUT2D eigenvalue weighted by atomic mass is 16.7. The normalized spacial score (nSPS) is 14.4. The zero-order valence-electron chi connectivity index (χ0n) is 10.7. The molecule has 1 unspecified atom stereocenters. The molecule has 0 heterocycles. The standard InChI is InChI=1S/C12H27NO/c1-7-12(6)14-13(8-10(2)3)9-11(4)5/h10-12H,7-9H2,1-6H3/q+1. The molecule has 0 fully saturated rings. The molecular weight excluding hydrogens is 174 g/mol. The lowest BCUT2D eigenvalue weighted by atomic mass is 10.2. The third kappa shape index (κ3) is 7.34. The van der Waals surface area contributed by atoms with Crippen LogP contribution in [0.15, 0.2) is 0 Å². The van der Waals surface area contributed by atoms with Crippen LogP contribution in [0.2, 0.25) is 0 Å². The van der Waals surface area contributed by atoms with E-state index in [1.807, 2.05) is 0 Å². The largest absolute Gasteiger partial charge is 0.162 e. The van der Waals surface area contributed by atoms with Crippen molar-refractivity contribution in [3.63, 3.8) is 0 Å². The lowest BCUT2D eigenvalue weighted by Crippen LogP contribution is -2.39. The second kappa shape index (κ2) is 7.24. The highest BCUT2D eigenvalue weighted by Gasteiger charge is 2.23. The Morgan fingerprint density at radius 1 is 0.929 bits per heavy atom. The summed E-state index contributed by atoms with van der Waals surface area (Å²) < 4.78 is 0. The van der Waals surface area contributed by atoms with Crippen molar-refractivity contribution >= 4 is 0 Å². The van der Waals surface area contributed by atoms with E-state index in [1.54, 1.807) is 0 Å². The van der Waals surface area contributed by atoms with Crippen LogP contribution in [0.4, 0.5) is 0 Å². The number of hydrogen-bond acceptors (Lipinski definition) is 2. The van der Waals surface area contributed by atoms with Gasteiger partial charge in [0.25, 0.3) is 0 Å². The molecule has 85 valence electrons. The number of hydrogen-bond donors (Lipinski definition) is 0. The fourth-order valence-electron chi connectivity index (χ4n) is 1.30.